The maximum Gasteiger partial charge on any atom is 0.197 e. The lowest BCUT2D eigenvalue weighted by atomic mass is 10.2. The van der Waals surface area contributed by atoms with Gasteiger partial charge in [0, 0.05) is 26.7 Å². The molecule has 2 aliphatic heterocycles. The van der Waals surface area contributed by atoms with E-state index < -0.39 is 8.07 Å². The van der Waals surface area contributed by atoms with Crippen LogP contribution in [0, 0.1) is 0 Å². The van der Waals surface area contributed by atoms with Crippen molar-refractivity contribution in [1.82, 2.24) is 9.13 Å². The van der Waals surface area contributed by atoms with Gasteiger partial charge in [-0.15, -0.1) is 0 Å². The van der Waals surface area contributed by atoms with Crippen LogP contribution in [-0.2, 0) is 0 Å². The summed E-state index contributed by atoms with van der Waals surface area (Å²) in [5.41, 5.74) is 6.68. The number of fused-ring (bicyclic) bond motifs is 10. The highest BCUT2D eigenvalue weighted by Gasteiger charge is 2.54. The summed E-state index contributed by atoms with van der Waals surface area (Å²) in [7, 11) is -3.09. The molecule has 0 spiro atoms. The Morgan fingerprint density at radius 2 is 0.717 bits per heavy atom. The van der Waals surface area contributed by atoms with Crippen LogP contribution < -0.4 is 30.2 Å². The molecule has 0 saturated carbocycles. The summed E-state index contributed by atoms with van der Waals surface area (Å²) in [5, 5.41) is 9.77. The third kappa shape index (κ3) is 3.69. The first-order valence-electron chi connectivity index (χ1n) is 18.1. The number of nitrogens with zero attached hydrogens (tertiary/aromatic N) is 2. The van der Waals surface area contributed by atoms with Gasteiger partial charge in [-0.25, -0.2) is 0 Å². The standard InChI is InChI=1S/C48H30N2O2Si/c1-2-15-31(16-3-1)53-44-29-12-25-40(49-36-21-8-4-17-32(36)33-18-5-9-22-37(33)49)46(44)51-42-27-14-28-43(48(42)53)52-47-41(26-13-30-45(47)53)50-38-23-10-6-19-34(38)35-20-7-11-24-39(35)50/h1-30H. The molecule has 0 N–H and O–H groups in total. The van der Waals surface area contributed by atoms with E-state index in [2.05, 4.69) is 191 Å². The van der Waals surface area contributed by atoms with Crippen LogP contribution in [0.2, 0.25) is 0 Å². The molecule has 53 heavy (non-hydrogen) atoms. The summed E-state index contributed by atoms with van der Waals surface area (Å²) in [6, 6.07) is 65.7. The van der Waals surface area contributed by atoms with E-state index in [0.717, 1.165) is 61.6 Å². The molecule has 0 atom stereocenters. The summed E-state index contributed by atoms with van der Waals surface area (Å²) < 4.78 is 19.1. The molecule has 2 aromatic heterocycles. The monoisotopic (exact) mass is 694 g/mol. The molecular weight excluding hydrogens is 665 g/mol. The molecule has 0 amide bonds. The zero-order valence-corrected chi connectivity index (χ0v) is 29.5. The molecular formula is C48H30N2O2Si. The highest BCUT2D eigenvalue weighted by molar-refractivity contribution is 7.21. The highest BCUT2D eigenvalue weighted by atomic mass is 28.3. The van der Waals surface area contributed by atoms with Gasteiger partial charge >= 0.3 is 0 Å². The van der Waals surface area contributed by atoms with Gasteiger partial charge < -0.3 is 18.6 Å². The molecule has 0 radical (unpaired) electrons. The van der Waals surface area contributed by atoms with Gasteiger partial charge in [0.25, 0.3) is 0 Å². The molecule has 8 aromatic carbocycles. The Hall–Kier alpha value is -6.82. The Morgan fingerprint density at radius 3 is 1.15 bits per heavy atom. The molecule has 10 aromatic rings. The van der Waals surface area contributed by atoms with Crippen LogP contribution in [0.4, 0.5) is 0 Å². The van der Waals surface area contributed by atoms with E-state index in [-0.39, 0.29) is 0 Å². The lowest BCUT2D eigenvalue weighted by Gasteiger charge is -2.44. The second-order valence-electron chi connectivity index (χ2n) is 14.0. The fourth-order valence-electron chi connectivity index (χ4n) is 9.40. The Morgan fingerprint density at radius 1 is 0.340 bits per heavy atom. The molecule has 4 heterocycles. The van der Waals surface area contributed by atoms with Gasteiger partial charge in [-0.2, -0.15) is 0 Å². The largest absolute Gasteiger partial charge is 0.455 e. The lowest BCUT2D eigenvalue weighted by Crippen LogP contribution is -2.77. The van der Waals surface area contributed by atoms with Crippen LogP contribution in [0.25, 0.3) is 55.0 Å². The second kappa shape index (κ2) is 10.6. The van der Waals surface area contributed by atoms with Crippen molar-refractivity contribution in [3.8, 4) is 34.4 Å². The predicted octanol–water partition coefficient (Wildman–Crippen LogP) is 9.47. The van der Waals surface area contributed by atoms with Crippen molar-refractivity contribution < 1.29 is 9.47 Å². The SMILES string of the molecule is c1ccc([Si]23c4cccc(-n5c6ccccc6c6ccccc65)c4Oc4cccc(c42)Oc2c(-n4c5ccccc5c5ccccc54)cccc23)cc1. The fraction of sp³-hybridized carbons (Fsp3) is 0. The van der Waals surface area contributed by atoms with E-state index in [1.54, 1.807) is 0 Å². The lowest BCUT2D eigenvalue weighted by molar-refractivity contribution is 0.462. The number of hydrogen-bond donors (Lipinski definition) is 0. The van der Waals surface area contributed by atoms with E-state index in [0.29, 0.717) is 0 Å². The normalized spacial score (nSPS) is 13.7. The molecule has 0 unspecified atom stereocenters. The van der Waals surface area contributed by atoms with E-state index in [1.807, 2.05) is 0 Å². The van der Waals surface area contributed by atoms with Crippen LogP contribution in [-0.4, -0.2) is 17.2 Å². The van der Waals surface area contributed by atoms with Gasteiger partial charge in [0.2, 0.25) is 0 Å². The number of para-hydroxylation sites is 6. The summed E-state index contributed by atoms with van der Waals surface area (Å²) in [6.07, 6.45) is 0. The number of ether oxygens (including phenoxy) is 2. The average Bonchev–Trinajstić information content (AvgIpc) is 3.74. The third-order valence-electron chi connectivity index (χ3n) is 11.4. The maximum absolute atomic E-state index is 7.19. The summed E-state index contributed by atoms with van der Waals surface area (Å²) in [4.78, 5) is 0. The maximum atomic E-state index is 7.19. The average molecular weight is 695 g/mol. The molecule has 2 aliphatic rings. The molecule has 4 nitrogen and oxygen atoms in total. The van der Waals surface area contributed by atoms with Crippen LogP contribution in [0.5, 0.6) is 23.0 Å². The van der Waals surface area contributed by atoms with Crippen LogP contribution in [0.3, 0.4) is 0 Å². The number of rotatable bonds is 3. The molecule has 0 aliphatic carbocycles. The molecule has 248 valence electrons. The van der Waals surface area contributed by atoms with Crippen molar-refractivity contribution in [1.29, 1.82) is 0 Å². The number of aromatic nitrogens is 2. The van der Waals surface area contributed by atoms with E-state index in [1.165, 1.54) is 37.1 Å². The zero-order valence-electron chi connectivity index (χ0n) is 28.5. The van der Waals surface area contributed by atoms with Gasteiger partial charge in [0.1, 0.15) is 11.5 Å². The minimum Gasteiger partial charge on any atom is -0.455 e. The van der Waals surface area contributed by atoms with Crippen molar-refractivity contribution in [2.45, 2.75) is 0 Å². The van der Waals surface area contributed by atoms with E-state index >= 15 is 0 Å². The molecule has 12 rings (SSSR count). The van der Waals surface area contributed by atoms with Crippen molar-refractivity contribution >= 4 is 72.4 Å². The third-order valence-corrected chi connectivity index (χ3v) is 16.3. The van der Waals surface area contributed by atoms with E-state index in [4.69, 9.17) is 9.47 Å². The van der Waals surface area contributed by atoms with Gasteiger partial charge in [-0.05, 0) is 64.1 Å². The number of hydrogen-bond acceptors (Lipinski definition) is 2. The molecule has 0 bridgehead atoms. The Labute approximate surface area is 306 Å². The van der Waals surface area contributed by atoms with Crippen LogP contribution >= 0.6 is 0 Å². The zero-order chi connectivity index (χ0) is 34.7. The van der Waals surface area contributed by atoms with Gasteiger partial charge in [0.15, 0.2) is 19.6 Å². The van der Waals surface area contributed by atoms with Gasteiger partial charge in [-0.3, -0.25) is 0 Å². The highest BCUT2D eigenvalue weighted by Crippen LogP contribution is 2.45. The van der Waals surface area contributed by atoms with Crippen LogP contribution in [0.1, 0.15) is 0 Å². The van der Waals surface area contributed by atoms with Gasteiger partial charge in [0.05, 0.1) is 33.4 Å². The second-order valence-corrected chi connectivity index (χ2v) is 17.7. The fourth-order valence-corrected chi connectivity index (χ4v) is 14.6. The molecule has 0 fully saturated rings. The Bertz CT molecular complexity index is 2850. The summed E-state index contributed by atoms with van der Waals surface area (Å²) in [5.74, 6) is 3.50. The first-order chi connectivity index (χ1) is 26.3. The first kappa shape index (κ1) is 28.8. The van der Waals surface area contributed by atoms with Crippen LogP contribution in [0.15, 0.2) is 182 Å². The number of benzene rings is 8. The van der Waals surface area contributed by atoms with Gasteiger partial charge in [-0.1, -0.05) is 133 Å². The first-order valence-corrected chi connectivity index (χ1v) is 20.1. The van der Waals surface area contributed by atoms with Crippen molar-refractivity contribution in [2.24, 2.45) is 0 Å². The summed E-state index contributed by atoms with van der Waals surface area (Å²) in [6.45, 7) is 0. The topological polar surface area (TPSA) is 28.3 Å². The minimum atomic E-state index is -3.09. The van der Waals surface area contributed by atoms with Crippen molar-refractivity contribution in [3.63, 3.8) is 0 Å². The quantitative estimate of drug-likeness (QED) is 0.173. The summed E-state index contributed by atoms with van der Waals surface area (Å²) >= 11 is 0. The van der Waals surface area contributed by atoms with Crippen molar-refractivity contribution in [3.05, 3.63) is 182 Å². The Balaban J connectivity index is 1.23. The molecule has 5 heteroatoms. The minimum absolute atomic E-state index is 0.853. The van der Waals surface area contributed by atoms with E-state index in [9.17, 15) is 0 Å². The molecule has 0 saturated heterocycles. The smallest absolute Gasteiger partial charge is 0.197 e. The predicted molar refractivity (Wildman–Crippen MR) is 219 cm³/mol. The Kier molecular flexibility index (Phi) is 5.77. The van der Waals surface area contributed by atoms with Crippen molar-refractivity contribution in [2.75, 3.05) is 0 Å².